The molecule has 1 N–H and O–H groups in total. The molecule has 2 nitrogen and oxygen atoms in total. The van der Waals surface area contributed by atoms with Crippen molar-refractivity contribution >= 4 is 35.3 Å². The first-order chi connectivity index (χ1) is 11.4. The van der Waals surface area contributed by atoms with Crippen LogP contribution in [-0.2, 0) is 4.79 Å². The number of halogens is 1. The van der Waals surface area contributed by atoms with E-state index in [0.717, 1.165) is 31.1 Å². The molecular weight excluding hydrogens is 359 g/mol. The van der Waals surface area contributed by atoms with Crippen LogP contribution >= 0.6 is 13.7 Å². The summed E-state index contributed by atoms with van der Waals surface area (Å²) in [6, 6.07) is 0. The standard InChI is InChI=1S/C20H30O2.BrH.Li/c1-12-10-17-15-5-4-13-11-14(21)6-8-19(13,2)16(15)7-9-20(17,3)18(12)22;;/h11-12,15-18,22H,4-10H2,1-3H3;1H;/q;;+1/p-1/t12-,15+,16-,17?,18+,19+,20+;;/m1../s1. The van der Waals surface area contributed by atoms with Gasteiger partial charge in [-0.15, -0.1) is 0 Å². The number of allylic oxidation sites excluding steroid dienone is 1. The summed E-state index contributed by atoms with van der Waals surface area (Å²) in [6.07, 6.45) is 9.62. The van der Waals surface area contributed by atoms with Crippen molar-refractivity contribution in [2.75, 3.05) is 0 Å². The van der Waals surface area contributed by atoms with Gasteiger partial charge in [-0.1, -0.05) is 26.3 Å². The second-order valence-corrected chi connectivity index (χ2v) is 9.17. The molecule has 1 unspecified atom stereocenters. The molecule has 4 aliphatic carbocycles. The number of rotatable bonds is 0. The van der Waals surface area contributed by atoms with Gasteiger partial charge in [0.2, 0.25) is 0 Å². The summed E-state index contributed by atoms with van der Waals surface area (Å²) < 4.78 is 0. The molecule has 0 aromatic heterocycles. The molecule has 0 aromatic carbocycles. The zero-order chi connectivity index (χ0) is 17.7. The van der Waals surface area contributed by atoms with Gasteiger partial charge in [-0.3, -0.25) is 4.79 Å². The molecule has 0 aliphatic heterocycles. The van der Waals surface area contributed by atoms with Gasteiger partial charge in [-0.05, 0) is 79.1 Å². The third-order valence-corrected chi connectivity index (χ3v) is 8.24. The summed E-state index contributed by atoms with van der Waals surface area (Å²) >= 11 is 4.75. The molecule has 130 valence electrons. The van der Waals surface area contributed by atoms with Crippen molar-refractivity contribution in [3.05, 3.63) is 11.6 Å². The average Bonchev–Trinajstić information content (AvgIpc) is 2.81. The van der Waals surface area contributed by atoms with Gasteiger partial charge in [-0.2, -0.15) is 0 Å². The average molecular weight is 389 g/mol. The Morgan fingerprint density at radius 1 is 1.17 bits per heavy atom. The number of aliphatic hydroxyl groups excluding tert-OH is 1. The third-order valence-electron chi connectivity index (χ3n) is 8.24. The Balaban J connectivity index is 0.000000815. The summed E-state index contributed by atoms with van der Waals surface area (Å²) in [6.45, 7) is 7.01. The van der Waals surface area contributed by atoms with E-state index in [-0.39, 0.29) is 16.9 Å². The van der Waals surface area contributed by atoms with Crippen LogP contribution in [0.3, 0.4) is 0 Å². The number of fused-ring (bicyclic) bond motifs is 5. The van der Waals surface area contributed by atoms with E-state index < -0.39 is 0 Å². The Kier molecular flexibility index (Phi) is 5.51. The van der Waals surface area contributed by atoms with Gasteiger partial charge in [0.15, 0.2) is 5.78 Å². The minimum atomic E-state index is -0.115. The molecule has 24 heavy (non-hydrogen) atoms. The number of hydrogen-bond donors (Lipinski definition) is 1. The van der Waals surface area contributed by atoms with E-state index in [0.29, 0.717) is 17.6 Å². The minimum absolute atomic E-state index is 0.115. The van der Waals surface area contributed by atoms with E-state index >= 15 is 0 Å². The fraction of sp³-hybridized carbons (Fsp3) is 0.850. The fourth-order valence-corrected chi connectivity index (χ4v) is 6.90. The molecule has 0 spiro atoms. The Bertz CT molecular complexity index is 548. The summed E-state index contributed by atoms with van der Waals surface area (Å²) in [5.41, 5.74) is 1.85. The maximum absolute atomic E-state index is 11.8. The number of ketones is 1. The van der Waals surface area contributed by atoms with E-state index in [1.54, 1.807) is 0 Å². The fourth-order valence-electron chi connectivity index (χ4n) is 6.90. The van der Waals surface area contributed by atoms with Crippen molar-refractivity contribution in [3.63, 3.8) is 0 Å². The molecular formula is C20H30BrLiO2. The monoisotopic (exact) mass is 388 g/mol. The van der Waals surface area contributed by atoms with Crippen LogP contribution in [0.25, 0.3) is 0 Å². The maximum atomic E-state index is 11.8. The SMILES string of the molecule is C[C@@H]1CC2[C@H]3CCC4=CC(=O)CC[C@]4(C)[C@@H]3CC[C@]2(C)[C@H]1O.[Li][Br]. The van der Waals surface area contributed by atoms with Crippen LogP contribution in [0.4, 0.5) is 0 Å². The van der Waals surface area contributed by atoms with Crippen LogP contribution in [0.1, 0.15) is 65.7 Å². The Morgan fingerprint density at radius 3 is 2.58 bits per heavy atom. The van der Waals surface area contributed by atoms with Gasteiger partial charge in [0.05, 0.1) is 6.10 Å². The molecule has 0 heterocycles. The van der Waals surface area contributed by atoms with Crippen LogP contribution in [0.2, 0.25) is 0 Å². The van der Waals surface area contributed by atoms with Gasteiger partial charge in [0.25, 0.3) is 0 Å². The van der Waals surface area contributed by atoms with Crippen molar-refractivity contribution in [2.45, 2.75) is 71.8 Å². The second kappa shape index (κ2) is 6.88. The summed E-state index contributed by atoms with van der Waals surface area (Å²) in [5, 5.41) is 10.7. The van der Waals surface area contributed by atoms with Crippen LogP contribution < -0.4 is 0 Å². The van der Waals surface area contributed by atoms with Gasteiger partial charge >= 0.3 is 29.5 Å². The summed E-state index contributed by atoms with van der Waals surface area (Å²) in [5.74, 6) is 2.97. The molecule has 0 radical (unpaired) electrons. The zero-order valence-electron chi connectivity index (χ0n) is 15.6. The van der Waals surface area contributed by atoms with Crippen molar-refractivity contribution in [2.24, 2.45) is 34.5 Å². The predicted octanol–water partition coefficient (Wildman–Crippen LogP) is 4.59. The number of hydrogen-bond acceptors (Lipinski definition) is 2. The van der Waals surface area contributed by atoms with Crippen LogP contribution in [0.5, 0.6) is 0 Å². The van der Waals surface area contributed by atoms with Gasteiger partial charge in [0.1, 0.15) is 0 Å². The first-order valence-corrected chi connectivity index (χ1v) is 11.2. The van der Waals surface area contributed by atoms with E-state index in [4.69, 9.17) is 0 Å². The molecule has 7 atom stereocenters. The van der Waals surface area contributed by atoms with Gasteiger partial charge in [0, 0.05) is 6.42 Å². The van der Waals surface area contributed by atoms with Crippen molar-refractivity contribution in [1.29, 1.82) is 0 Å². The zero-order valence-corrected chi connectivity index (χ0v) is 17.2. The third kappa shape index (κ3) is 2.73. The van der Waals surface area contributed by atoms with Crippen LogP contribution in [-0.4, -0.2) is 32.8 Å². The second-order valence-electron chi connectivity index (χ2n) is 9.17. The first kappa shape index (κ1) is 19.2. The molecule has 0 saturated heterocycles. The van der Waals surface area contributed by atoms with E-state index in [1.165, 1.54) is 31.3 Å². The molecule has 4 rings (SSSR count). The Labute approximate surface area is 162 Å². The quantitative estimate of drug-likeness (QED) is 0.616. The molecule has 0 aromatic rings. The first-order valence-electron chi connectivity index (χ1n) is 9.66. The Morgan fingerprint density at radius 2 is 1.88 bits per heavy atom. The van der Waals surface area contributed by atoms with Crippen LogP contribution in [0, 0.1) is 34.5 Å². The number of carbonyl (C=O) groups is 1. The summed E-state index contributed by atoms with van der Waals surface area (Å²) in [7, 11) is 0. The van der Waals surface area contributed by atoms with E-state index in [2.05, 4.69) is 34.5 Å². The van der Waals surface area contributed by atoms with Gasteiger partial charge < -0.3 is 5.11 Å². The molecule has 3 saturated carbocycles. The predicted molar refractivity (Wildman–Crippen MR) is 102 cm³/mol. The topological polar surface area (TPSA) is 37.3 Å². The van der Waals surface area contributed by atoms with Crippen molar-refractivity contribution in [1.82, 2.24) is 0 Å². The molecule has 4 aliphatic rings. The normalized spacial score (nSPS) is 50.0. The molecule has 0 bridgehead atoms. The number of aliphatic hydroxyl groups is 1. The molecule has 0 amide bonds. The van der Waals surface area contributed by atoms with E-state index in [1.807, 2.05) is 21.9 Å². The molecule has 3 fully saturated rings. The Hall–Kier alpha value is 0.447. The van der Waals surface area contributed by atoms with Crippen molar-refractivity contribution < 1.29 is 9.90 Å². The van der Waals surface area contributed by atoms with E-state index in [9.17, 15) is 9.90 Å². The number of carbonyl (C=O) groups excluding carboxylic acids is 1. The van der Waals surface area contributed by atoms with Crippen molar-refractivity contribution in [3.8, 4) is 0 Å². The van der Waals surface area contributed by atoms with Gasteiger partial charge in [-0.25, -0.2) is 0 Å². The van der Waals surface area contributed by atoms with Crippen LogP contribution in [0.15, 0.2) is 11.6 Å². The molecule has 4 heteroatoms. The summed E-state index contributed by atoms with van der Waals surface area (Å²) in [4.78, 5) is 11.8.